The van der Waals surface area contributed by atoms with Gasteiger partial charge in [0.15, 0.2) is 0 Å². The fourth-order valence-electron chi connectivity index (χ4n) is 6.79. The van der Waals surface area contributed by atoms with Crippen LogP contribution in [0.3, 0.4) is 0 Å². The number of aliphatic hydroxyl groups excluding tert-OH is 1. The number of ether oxygens (including phenoxy) is 2. The summed E-state index contributed by atoms with van der Waals surface area (Å²) in [6, 6.07) is 3.89. The third-order valence-corrected chi connectivity index (χ3v) is 8.97. The van der Waals surface area contributed by atoms with Crippen LogP contribution in [0.15, 0.2) is 23.0 Å². The molecule has 0 radical (unpaired) electrons. The zero-order valence-corrected chi connectivity index (χ0v) is 26.6. The standard InChI is InChI=1S/C31H43FN6O7/c1-31(2,3)45-30(41)35-14-15-36(21(16-35)19-39)26-22-11-13-34(27-23(32)9-6-10-25(27)44-5)18-24(22)37(29(40)28(26)38(42)43)17-20-8-7-12-33(20)4/h6,9-10,20-21,39H,7-8,11-19H2,1-5H3/t20-,21+/m0/s1. The molecule has 3 aliphatic rings. The Bertz CT molecular complexity index is 1510. The Kier molecular flexibility index (Phi) is 9.26. The molecule has 1 aromatic carbocycles. The first-order valence-electron chi connectivity index (χ1n) is 15.4. The van der Waals surface area contributed by atoms with Crippen molar-refractivity contribution in [2.45, 2.75) is 70.8 Å². The second kappa shape index (κ2) is 12.8. The van der Waals surface area contributed by atoms with Crippen LogP contribution in [0.1, 0.15) is 44.9 Å². The van der Waals surface area contributed by atoms with Crippen molar-refractivity contribution in [1.82, 2.24) is 14.4 Å². The number of benzene rings is 1. The molecular weight excluding hydrogens is 587 g/mol. The Balaban J connectivity index is 1.62. The van der Waals surface area contributed by atoms with Gasteiger partial charge in [-0.3, -0.25) is 14.9 Å². The molecule has 14 heteroatoms. The Morgan fingerprint density at radius 3 is 2.53 bits per heavy atom. The summed E-state index contributed by atoms with van der Waals surface area (Å²) in [5, 5.41) is 23.2. The first kappa shape index (κ1) is 32.5. The van der Waals surface area contributed by atoms with Gasteiger partial charge < -0.3 is 38.7 Å². The van der Waals surface area contributed by atoms with Crippen molar-refractivity contribution in [1.29, 1.82) is 0 Å². The summed E-state index contributed by atoms with van der Waals surface area (Å²) in [6.07, 6.45) is 1.55. The van der Waals surface area contributed by atoms with E-state index in [0.29, 0.717) is 23.6 Å². The van der Waals surface area contributed by atoms with Gasteiger partial charge in [0.25, 0.3) is 0 Å². The second-order valence-corrected chi connectivity index (χ2v) is 13.0. The summed E-state index contributed by atoms with van der Waals surface area (Å²) in [7, 11) is 3.44. The lowest BCUT2D eigenvalue weighted by Crippen LogP contribution is -2.58. The zero-order chi connectivity index (χ0) is 32.6. The smallest absolute Gasteiger partial charge is 0.410 e. The molecule has 2 fully saturated rings. The van der Waals surface area contributed by atoms with E-state index in [2.05, 4.69) is 4.90 Å². The number of carbonyl (C=O) groups excluding carboxylic acids is 1. The predicted octanol–water partition coefficient (Wildman–Crippen LogP) is 2.98. The number of carbonyl (C=O) groups is 1. The van der Waals surface area contributed by atoms with Gasteiger partial charge in [-0.25, -0.2) is 9.18 Å². The highest BCUT2D eigenvalue weighted by molar-refractivity contribution is 5.73. The fourth-order valence-corrected chi connectivity index (χ4v) is 6.79. The van der Waals surface area contributed by atoms with E-state index in [1.807, 2.05) is 11.9 Å². The Labute approximate surface area is 261 Å². The molecule has 2 atom stereocenters. The number of likely N-dealkylation sites (N-methyl/N-ethyl adjacent to an activating group) is 1. The maximum Gasteiger partial charge on any atom is 0.410 e. The molecule has 1 amide bonds. The topological polar surface area (TPSA) is 134 Å². The van der Waals surface area contributed by atoms with Crippen LogP contribution in [0, 0.1) is 15.9 Å². The highest BCUT2D eigenvalue weighted by atomic mass is 19.1. The average Bonchev–Trinajstić information content (AvgIpc) is 3.40. The third-order valence-electron chi connectivity index (χ3n) is 8.97. The van der Waals surface area contributed by atoms with Crippen molar-refractivity contribution in [3.8, 4) is 5.75 Å². The molecule has 1 aromatic heterocycles. The van der Waals surface area contributed by atoms with Crippen molar-refractivity contribution in [2.24, 2.45) is 0 Å². The number of para-hydroxylation sites is 1. The average molecular weight is 631 g/mol. The number of hydrogen-bond donors (Lipinski definition) is 1. The first-order valence-corrected chi connectivity index (χ1v) is 15.4. The molecule has 2 saturated heterocycles. The van der Waals surface area contributed by atoms with E-state index in [1.165, 1.54) is 22.6 Å². The lowest BCUT2D eigenvalue weighted by Gasteiger charge is -2.43. The number of hydrogen-bond acceptors (Lipinski definition) is 10. The van der Waals surface area contributed by atoms with E-state index >= 15 is 4.39 Å². The molecule has 246 valence electrons. The summed E-state index contributed by atoms with van der Waals surface area (Å²) in [4.78, 5) is 46.3. The lowest BCUT2D eigenvalue weighted by molar-refractivity contribution is -0.385. The van der Waals surface area contributed by atoms with E-state index in [1.54, 1.807) is 37.8 Å². The number of piperazine rings is 1. The maximum absolute atomic E-state index is 15.2. The second-order valence-electron chi connectivity index (χ2n) is 13.0. The molecule has 0 saturated carbocycles. The molecule has 0 aliphatic carbocycles. The van der Waals surface area contributed by atoms with Gasteiger partial charge in [0.05, 0.1) is 31.2 Å². The quantitative estimate of drug-likeness (QED) is 0.360. The lowest BCUT2D eigenvalue weighted by atomic mass is 9.97. The maximum atomic E-state index is 15.2. The summed E-state index contributed by atoms with van der Waals surface area (Å²) in [5.74, 6) is -0.119. The molecular formula is C31H43FN6O7. The SMILES string of the molecule is COc1cccc(F)c1N1CCc2c(N3CCN(C(=O)OC(C)(C)C)C[C@@H]3CO)c([N+](=O)[O-])c(=O)n(C[C@@H]3CCCN3C)c2C1. The molecule has 0 bridgehead atoms. The number of amides is 1. The number of aliphatic hydroxyl groups is 1. The minimum atomic E-state index is -0.734. The van der Waals surface area contributed by atoms with Gasteiger partial charge in [-0.05, 0) is 65.8 Å². The van der Waals surface area contributed by atoms with Gasteiger partial charge in [0.2, 0.25) is 0 Å². The van der Waals surface area contributed by atoms with Crippen molar-refractivity contribution < 1.29 is 28.7 Å². The summed E-state index contributed by atoms with van der Waals surface area (Å²) in [5.41, 5.74) is -0.369. The molecule has 4 heterocycles. The van der Waals surface area contributed by atoms with Gasteiger partial charge in [0.1, 0.15) is 28.5 Å². The van der Waals surface area contributed by atoms with Crippen molar-refractivity contribution in [3.05, 3.63) is 55.7 Å². The van der Waals surface area contributed by atoms with Gasteiger partial charge in [-0.15, -0.1) is 0 Å². The largest absolute Gasteiger partial charge is 0.494 e. The number of likely N-dealkylation sites (tertiary alicyclic amines) is 1. The number of pyridine rings is 1. The van der Waals surface area contributed by atoms with Crippen LogP contribution in [-0.2, 0) is 24.2 Å². The van der Waals surface area contributed by atoms with Crippen LogP contribution in [-0.4, -0.2) is 102 Å². The van der Waals surface area contributed by atoms with Crippen LogP contribution < -0.4 is 20.1 Å². The third kappa shape index (κ3) is 6.43. The van der Waals surface area contributed by atoms with Crippen molar-refractivity contribution in [3.63, 3.8) is 0 Å². The highest BCUT2D eigenvalue weighted by Crippen LogP contribution is 2.40. The fraction of sp³-hybridized carbons (Fsp3) is 0.613. The number of anilines is 2. The molecule has 3 aliphatic heterocycles. The minimum absolute atomic E-state index is 0.0122. The summed E-state index contributed by atoms with van der Waals surface area (Å²) < 4.78 is 27.7. The first-order chi connectivity index (χ1) is 21.3. The van der Waals surface area contributed by atoms with E-state index in [-0.39, 0.29) is 56.6 Å². The number of nitro groups is 1. The van der Waals surface area contributed by atoms with E-state index in [9.17, 15) is 24.8 Å². The van der Waals surface area contributed by atoms with E-state index < -0.39 is 46.3 Å². The van der Waals surface area contributed by atoms with E-state index in [0.717, 1.165) is 19.4 Å². The van der Waals surface area contributed by atoms with Crippen LogP contribution in [0.4, 0.5) is 26.2 Å². The highest BCUT2D eigenvalue weighted by Gasteiger charge is 2.41. The minimum Gasteiger partial charge on any atom is -0.494 e. The number of nitrogens with zero attached hydrogens (tertiary/aromatic N) is 6. The van der Waals surface area contributed by atoms with E-state index in [4.69, 9.17) is 9.47 Å². The molecule has 45 heavy (non-hydrogen) atoms. The Morgan fingerprint density at radius 2 is 1.91 bits per heavy atom. The number of methoxy groups -OCH3 is 1. The zero-order valence-electron chi connectivity index (χ0n) is 26.6. The number of fused-ring (bicyclic) bond motifs is 1. The van der Waals surface area contributed by atoms with Crippen LogP contribution in [0.2, 0.25) is 0 Å². The molecule has 13 nitrogen and oxygen atoms in total. The molecule has 0 spiro atoms. The Morgan fingerprint density at radius 1 is 1.16 bits per heavy atom. The molecule has 0 unspecified atom stereocenters. The summed E-state index contributed by atoms with van der Waals surface area (Å²) >= 11 is 0. The monoisotopic (exact) mass is 630 g/mol. The number of halogens is 1. The number of rotatable bonds is 7. The van der Waals surface area contributed by atoms with Gasteiger partial charge in [-0.1, -0.05) is 6.07 Å². The predicted molar refractivity (Wildman–Crippen MR) is 167 cm³/mol. The van der Waals surface area contributed by atoms with Crippen molar-refractivity contribution in [2.75, 3.05) is 63.3 Å². The molecule has 2 aromatic rings. The van der Waals surface area contributed by atoms with Crippen LogP contribution >= 0.6 is 0 Å². The van der Waals surface area contributed by atoms with Gasteiger partial charge in [0, 0.05) is 50.0 Å². The normalized spacial score (nSPS) is 20.7. The summed E-state index contributed by atoms with van der Waals surface area (Å²) in [6.45, 7) is 6.85. The van der Waals surface area contributed by atoms with Crippen LogP contribution in [0.5, 0.6) is 5.75 Å². The van der Waals surface area contributed by atoms with Gasteiger partial charge in [-0.2, -0.15) is 0 Å². The number of aromatic nitrogens is 1. The van der Waals surface area contributed by atoms with Gasteiger partial charge >= 0.3 is 17.3 Å². The molecule has 1 N–H and O–H groups in total. The van der Waals surface area contributed by atoms with Crippen LogP contribution in [0.25, 0.3) is 0 Å². The Hall–Kier alpha value is -3.91. The van der Waals surface area contributed by atoms with Crippen molar-refractivity contribution >= 4 is 23.2 Å². The molecule has 5 rings (SSSR count).